The molecule has 0 atom stereocenters. The van der Waals surface area contributed by atoms with E-state index in [1.807, 2.05) is 0 Å². The molecular weight excluding hydrogens is 272 g/mol. The average molecular weight is 296 g/mol. The summed E-state index contributed by atoms with van der Waals surface area (Å²) in [5, 5.41) is 15.2. The van der Waals surface area contributed by atoms with Gasteiger partial charge < -0.3 is 10.6 Å². The van der Waals surface area contributed by atoms with E-state index in [2.05, 4.69) is 27.8 Å². The third-order valence-corrected chi connectivity index (χ3v) is 4.59. The van der Waals surface area contributed by atoms with Crippen molar-refractivity contribution in [2.45, 2.75) is 51.9 Å². The Morgan fingerprint density at radius 2 is 2.05 bits per heavy atom. The van der Waals surface area contributed by atoms with Crippen LogP contribution in [-0.4, -0.2) is 29.2 Å². The molecule has 0 aromatic carbocycles. The van der Waals surface area contributed by atoms with Crippen LogP contribution >= 0.6 is 11.3 Å². The minimum atomic E-state index is -0.0946. The SMILES string of the molecule is CCCNc1nnc(C(=O)NCCC2CCCCC2)s1. The van der Waals surface area contributed by atoms with Crippen LogP contribution in [0.4, 0.5) is 5.13 Å². The summed E-state index contributed by atoms with van der Waals surface area (Å²) in [6, 6.07) is 0. The van der Waals surface area contributed by atoms with E-state index >= 15 is 0 Å². The minimum absolute atomic E-state index is 0.0946. The van der Waals surface area contributed by atoms with Crippen LogP contribution in [0, 0.1) is 5.92 Å². The number of rotatable bonds is 7. The van der Waals surface area contributed by atoms with Gasteiger partial charge in [0.15, 0.2) is 0 Å². The van der Waals surface area contributed by atoms with Gasteiger partial charge in [-0.1, -0.05) is 50.4 Å². The van der Waals surface area contributed by atoms with Crippen molar-refractivity contribution < 1.29 is 4.79 Å². The lowest BCUT2D eigenvalue weighted by Crippen LogP contribution is -2.26. The summed E-state index contributed by atoms with van der Waals surface area (Å²) in [4.78, 5) is 11.9. The smallest absolute Gasteiger partial charge is 0.282 e. The largest absolute Gasteiger partial charge is 0.360 e. The van der Waals surface area contributed by atoms with E-state index in [0.717, 1.165) is 37.0 Å². The molecule has 0 radical (unpaired) electrons. The van der Waals surface area contributed by atoms with Crippen LogP contribution in [0.3, 0.4) is 0 Å². The molecule has 20 heavy (non-hydrogen) atoms. The fourth-order valence-corrected chi connectivity index (χ4v) is 3.25. The first-order valence-corrected chi connectivity index (χ1v) is 8.47. The Bertz CT molecular complexity index is 415. The molecule has 1 aromatic heterocycles. The van der Waals surface area contributed by atoms with E-state index in [-0.39, 0.29) is 5.91 Å². The highest BCUT2D eigenvalue weighted by Crippen LogP contribution is 2.25. The van der Waals surface area contributed by atoms with Gasteiger partial charge in [0.2, 0.25) is 10.1 Å². The third kappa shape index (κ3) is 4.74. The molecule has 1 heterocycles. The average Bonchev–Trinajstić information content (AvgIpc) is 2.95. The fourth-order valence-electron chi connectivity index (χ4n) is 2.56. The van der Waals surface area contributed by atoms with Crippen molar-refractivity contribution in [3.63, 3.8) is 0 Å². The van der Waals surface area contributed by atoms with E-state index in [1.54, 1.807) is 0 Å². The second-order valence-electron chi connectivity index (χ2n) is 5.39. The molecule has 1 aliphatic rings. The number of carbonyl (C=O) groups excluding carboxylic acids is 1. The second kappa shape index (κ2) is 8.19. The predicted molar refractivity (Wildman–Crippen MR) is 82.2 cm³/mol. The summed E-state index contributed by atoms with van der Waals surface area (Å²) >= 11 is 1.32. The predicted octanol–water partition coefficient (Wildman–Crippen LogP) is 3.06. The molecule has 1 aromatic rings. The first-order valence-electron chi connectivity index (χ1n) is 7.65. The molecule has 0 aliphatic heterocycles. The molecule has 0 saturated heterocycles. The van der Waals surface area contributed by atoms with Crippen LogP contribution in [0.1, 0.15) is 61.7 Å². The van der Waals surface area contributed by atoms with Crippen molar-refractivity contribution in [2.24, 2.45) is 5.92 Å². The minimum Gasteiger partial charge on any atom is -0.360 e. The maximum atomic E-state index is 11.9. The van der Waals surface area contributed by atoms with Gasteiger partial charge in [0, 0.05) is 13.1 Å². The summed E-state index contributed by atoms with van der Waals surface area (Å²) in [5.41, 5.74) is 0. The second-order valence-corrected chi connectivity index (χ2v) is 6.37. The van der Waals surface area contributed by atoms with Gasteiger partial charge in [-0.15, -0.1) is 10.2 Å². The normalized spacial score (nSPS) is 16.1. The number of hydrogen-bond donors (Lipinski definition) is 2. The maximum Gasteiger partial charge on any atom is 0.282 e. The number of nitrogens with one attached hydrogen (secondary N) is 2. The van der Waals surface area contributed by atoms with E-state index in [9.17, 15) is 4.79 Å². The molecule has 0 spiro atoms. The van der Waals surface area contributed by atoms with Gasteiger partial charge in [-0.3, -0.25) is 4.79 Å². The van der Waals surface area contributed by atoms with Gasteiger partial charge in [0.05, 0.1) is 0 Å². The molecule has 1 fully saturated rings. The molecule has 2 rings (SSSR count). The van der Waals surface area contributed by atoms with Crippen LogP contribution < -0.4 is 10.6 Å². The lowest BCUT2D eigenvalue weighted by atomic mass is 9.87. The summed E-state index contributed by atoms with van der Waals surface area (Å²) in [6.45, 7) is 3.70. The molecule has 1 saturated carbocycles. The summed E-state index contributed by atoms with van der Waals surface area (Å²) in [6.07, 6.45) is 8.83. The standard InChI is InChI=1S/C14H24N4OS/c1-2-9-16-14-18-17-13(20-14)12(19)15-10-8-11-6-4-3-5-7-11/h11H,2-10H2,1H3,(H,15,19)(H,16,18). The van der Waals surface area contributed by atoms with Gasteiger partial charge in [-0.2, -0.15) is 0 Å². The van der Waals surface area contributed by atoms with E-state index in [4.69, 9.17) is 0 Å². The Labute approximate surface area is 124 Å². The monoisotopic (exact) mass is 296 g/mol. The van der Waals surface area contributed by atoms with E-state index in [0.29, 0.717) is 5.01 Å². The number of carbonyl (C=O) groups is 1. The Morgan fingerprint density at radius 3 is 2.80 bits per heavy atom. The molecule has 1 amide bonds. The first kappa shape index (κ1) is 15.2. The number of amides is 1. The van der Waals surface area contributed by atoms with Crippen molar-refractivity contribution in [1.82, 2.24) is 15.5 Å². The van der Waals surface area contributed by atoms with Crippen LogP contribution in [0.5, 0.6) is 0 Å². The third-order valence-electron chi connectivity index (χ3n) is 3.71. The van der Waals surface area contributed by atoms with E-state index < -0.39 is 0 Å². The zero-order valence-electron chi connectivity index (χ0n) is 12.2. The van der Waals surface area contributed by atoms with Crippen molar-refractivity contribution in [2.75, 3.05) is 18.4 Å². The Morgan fingerprint density at radius 1 is 1.25 bits per heavy atom. The Balaban J connectivity index is 1.69. The summed E-state index contributed by atoms with van der Waals surface area (Å²) < 4.78 is 0. The van der Waals surface area contributed by atoms with Crippen molar-refractivity contribution in [3.8, 4) is 0 Å². The topological polar surface area (TPSA) is 66.9 Å². The molecular formula is C14H24N4OS. The van der Waals surface area contributed by atoms with Crippen LogP contribution in [-0.2, 0) is 0 Å². The van der Waals surface area contributed by atoms with Gasteiger partial charge in [-0.05, 0) is 18.8 Å². The van der Waals surface area contributed by atoms with Crippen molar-refractivity contribution >= 4 is 22.4 Å². The zero-order valence-corrected chi connectivity index (χ0v) is 13.0. The lowest BCUT2D eigenvalue weighted by Gasteiger charge is -2.21. The van der Waals surface area contributed by atoms with Crippen LogP contribution in [0.15, 0.2) is 0 Å². The van der Waals surface area contributed by atoms with Gasteiger partial charge in [0.25, 0.3) is 5.91 Å². The van der Waals surface area contributed by atoms with Gasteiger partial charge >= 0.3 is 0 Å². The summed E-state index contributed by atoms with van der Waals surface area (Å²) in [7, 11) is 0. The molecule has 0 unspecified atom stereocenters. The van der Waals surface area contributed by atoms with Crippen LogP contribution in [0.2, 0.25) is 0 Å². The molecule has 1 aliphatic carbocycles. The van der Waals surface area contributed by atoms with E-state index in [1.165, 1.54) is 43.4 Å². The molecule has 5 nitrogen and oxygen atoms in total. The quantitative estimate of drug-likeness (QED) is 0.811. The number of aromatic nitrogens is 2. The summed E-state index contributed by atoms with van der Waals surface area (Å²) in [5.74, 6) is 0.697. The Kier molecular flexibility index (Phi) is 6.24. The molecule has 112 valence electrons. The van der Waals surface area contributed by atoms with Gasteiger partial charge in [-0.25, -0.2) is 0 Å². The Hall–Kier alpha value is -1.17. The molecule has 0 bridgehead atoms. The molecule has 6 heteroatoms. The highest BCUT2D eigenvalue weighted by molar-refractivity contribution is 7.17. The highest BCUT2D eigenvalue weighted by Gasteiger charge is 2.15. The highest BCUT2D eigenvalue weighted by atomic mass is 32.1. The fraction of sp³-hybridized carbons (Fsp3) is 0.786. The molecule has 2 N–H and O–H groups in total. The lowest BCUT2D eigenvalue weighted by molar-refractivity contribution is 0.0949. The van der Waals surface area contributed by atoms with Gasteiger partial charge in [0.1, 0.15) is 0 Å². The first-order chi connectivity index (χ1) is 9.79. The van der Waals surface area contributed by atoms with Crippen molar-refractivity contribution in [3.05, 3.63) is 5.01 Å². The van der Waals surface area contributed by atoms with Crippen LogP contribution in [0.25, 0.3) is 0 Å². The number of hydrogen-bond acceptors (Lipinski definition) is 5. The zero-order chi connectivity index (χ0) is 14.2. The maximum absolute atomic E-state index is 11.9. The van der Waals surface area contributed by atoms with Crippen molar-refractivity contribution in [1.29, 1.82) is 0 Å². The number of anilines is 1. The number of nitrogens with zero attached hydrogens (tertiary/aromatic N) is 2.